The molecule has 0 bridgehead atoms. The smallest absolute Gasteiger partial charge is 0.270 e. The summed E-state index contributed by atoms with van der Waals surface area (Å²) >= 11 is 12.3. The van der Waals surface area contributed by atoms with Crippen molar-refractivity contribution in [1.29, 1.82) is 0 Å². The largest absolute Gasteiger partial charge is 0.493 e. The number of thioether (sulfide) groups is 1. The molecule has 7 nitrogen and oxygen atoms in total. The van der Waals surface area contributed by atoms with Crippen LogP contribution >= 0.6 is 35.6 Å². The Kier molecular flexibility index (Phi) is 7.34. The highest BCUT2D eigenvalue weighted by molar-refractivity contribution is 8.27. The highest BCUT2D eigenvalue weighted by Crippen LogP contribution is 2.38. The zero-order valence-corrected chi connectivity index (χ0v) is 20.5. The van der Waals surface area contributed by atoms with Crippen molar-refractivity contribution in [1.82, 2.24) is 0 Å². The van der Waals surface area contributed by atoms with Crippen LogP contribution in [0.15, 0.2) is 65.6 Å². The molecule has 0 unspecified atom stereocenters. The highest BCUT2D eigenvalue weighted by atomic mass is 35.5. The predicted octanol–water partition coefficient (Wildman–Crippen LogP) is 6.38. The Balaban J connectivity index is 1.51. The monoisotopic (exact) mass is 530 g/mol. The van der Waals surface area contributed by atoms with Crippen LogP contribution in [0.25, 0.3) is 6.08 Å². The van der Waals surface area contributed by atoms with Gasteiger partial charge in [0.25, 0.3) is 11.6 Å². The number of rotatable bonds is 7. The van der Waals surface area contributed by atoms with Crippen molar-refractivity contribution in [3.05, 3.63) is 97.6 Å². The number of hydrogen-bond acceptors (Lipinski definition) is 7. The Morgan fingerprint density at radius 3 is 2.54 bits per heavy atom. The fourth-order valence-electron chi connectivity index (χ4n) is 3.23. The summed E-state index contributed by atoms with van der Waals surface area (Å²) in [7, 11) is 1.50. The fourth-order valence-corrected chi connectivity index (χ4v) is 4.71. The van der Waals surface area contributed by atoms with Gasteiger partial charge in [0.05, 0.1) is 27.6 Å². The molecule has 0 radical (unpaired) electrons. The molecule has 0 N–H and O–H groups in total. The van der Waals surface area contributed by atoms with Crippen LogP contribution in [-0.4, -0.2) is 22.3 Å². The van der Waals surface area contributed by atoms with E-state index in [0.29, 0.717) is 32.0 Å². The molecule has 0 atom stereocenters. The van der Waals surface area contributed by atoms with Gasteiger partial charge in [-0.15, -0.1) is 0 Å². The third-order valence-electron chi connectivity index (χ3n) is 4.98. The summed E-state index contributed by atoms with van der Waals surface area (Å²) < 4.78 is 25.1. The molecule has 4 rings (SSSR count). The van der Waals surface area contributed by atoms with E-state index < -0.39 is 10.7 Å². The summed E-state index contributed by atoms with van der Waals surface area (Å²) in [6, 6.07) is 15.2. The second kappa shape index (κ2) is 10.4. The first-order chi connectivity index (χ1) is 16.8. The van der Waals surface area contributed by atoms with Crippen LogP contribution in [0.5, 0.6) is 11.5 Å². The van der Waals surface area contributed by atoms with Crippen molar-refractivity contribution in [3.63, 3.8) is 0 Å². The lowest BCUT2D eigenvalue weighted by molar-refractivity contribution is -0.384. The van der Waals surface area contributed by atoms with E-state index in [1.54, 1.807) is 36.4 Å². The van der Waals surface area contributed by atoms with Crippen molar-refractivity contribution in [2.75, 3.05) is 12.0 Å². The average Bonchev–Trinajstić information content (AvgIpc) is 3.12. The zero-order chi connectivity index (χ0) is 25.1. The molecular formula is C24H16ClFN2O5S2. The van der Waals surface area contributed by atoms with Crippen LogP contribution in [0.1, 0.15) is 11.1 Å². The molecule has 1 amide bonds. The van der Waals surface area contributed by atoms with Crippen molar-refractivity contribution >= 4 is 63.3 Å². The van der Waals surface area contributed by atoms with Crippen LogP contribution < -0.4 is 14.4 Å². The summed E-state index contributed by atoms with van der Waals surface area (Å²) in [4.78, 5) is 25.0. The quantitative estimate of drug-likeness (QED) is 0.152. The fraction of sp³-hybridized carbons (Fsp3) is 0.0833. The number of nitro groups is 1. The maximum absolute atomic E-state index is 13.5. The van der Waals surface area contributed by atoms with Gasteiger partial charge in [-0.2, -0.15) is 0 Å². The number of nitrogens with zero attached hydrogens (tertiary/aromatic N) is 2. The number of non-ortho nitro benzene ring substituents is 1. The number of methoxy groups -OCH3 is 1. The lowest BCUT2D eigenvalue weighted by atomic mass is 10.1. The summed E-state index contributed by atoms with van der Waals surface area (Å²) in [6.45, 7) is 0.187. The van der Waals surface area contributed by atoms with Gasteiger partial charge in [0.2, 0.25) is 0 Å². The van der Waals surface area contributed by atoms with E-state index in [1.165, 1.54) is 42.3 Å². The van der Waals surface area contributed by atoms with Gasteiger partial charge in [-0.3, -0.25) is 19.8 Å². The Morgan fingerprint density at radius 2 is 1.89 bits per heavy atom. The van der Waals surface area contributed by atoms with Crippen molar-refractivity contribution in [3.8, 4) is 11.5 Å². The van der Waals surface area contributed by atoms with E-state index in [1.807, 2.05) is 0 Å². The lowest BCUT2D eigenvalue weighted by Gasteiger charge is -2.14. The lowest BCUT2D eigenvalue weighted by Crippen LogP contribution is -2.27. The maximum atomic E-state index is 13.5. The van der Waals surface area contributed by atoms with Gasteiger partial charge in [-0.1, -0.05) is 41.6 Å². The van der Waals surface area contributed by atoms with Crippen LogP contribution in [0, 0.1) is 15.9 Å². The molecule has 1 saturated heterocycles. The zero-order valence-electron chi connectivity index (χ0n) is 18.1. The molecule has 0 aliphatic carbocycles. The molecule has 11 heteroatoms. The molecule has 3 aromatic carbocycles. The van der Waals surface area contributed by atoms with E-state index >= 15 is 0 Å². The number of thiocarbonyl (C=S) groups is 1. The molecule has 1 aliphatic heterocycles. The second-order valence-corrected chi connectivity index (χ2v) is 9.32. The second-order valence-electron chi connectivity index (χ2n) is 7.24. The van der Waals surface area contributed by atoms with Gasteiger partial charge in [0.1, 0.15) is 12.4 Å². The molecule has 3 aromatic rings. The van der Waals surface area contributed by atoms with E-state index in [0.717, 1.165) is 17.3 Å². The molecule has 0 aromatic heterocycles. The van der Waals surface area contributed by atoms with Crippen molar-refractivity contribution in [2.24, 2.45) is 0 Å². The molecule has 1 fully saturated rings. The van der Waals surface area contributed by atoms with Gasteiger partial charge < -0.3 is 9.47 Å². The van der Waals surface area contributed by atoms with Crippen LogP contribution in [-0.2, 0) is 11.4 Å². The number of carbonyl (C=O) groups is 1. The molecule has 1 heterocycles. The summed E-state index contributed by atoms with van der Waals surface area (Å²) in [5.41, 5.74) is 1.83. The first-order valence-electron chi connectivity index (χ1n) is 10.0. The SMILES string of the molecule is COc1cc(/C=C2/SC(=S)N(c3ccc(F)c(Cl)c3)C2=O)ccc1OCc1ccc([N+](=O)[O-])cc1. The topological polar surface area (TPSA) is 81.9 Å². The number of halogens is 2. The standard InChI is InChI=1S/C24H16ClFN2O5S2/c1-32-21-10-15(4-9-20(21)33-13-14-2-5-16(6-3-14)28(30)31)11-22-23(29)27(24(34)35-22)17-7-8-19(26)18(25)12-17/h2-12H,13H2,1H3/b22-11+. The van der Waals surface area contributed by atoms with E-state index in [4.69, 9.17) is 33.3 Å². The molecule has 1 aliphatic rings. The number of nitro benzene ring substituents is 1. The van der Waals surface area contributed by atoms with E-state index in [2.05, 4.69) is 0 Å². The van der Waals surface area contributed by atoms with Gasteiger partial charge in [-0.05, 0) is 59.7 Å². The summed E-state index contributed by atoms with van der Waals surface area (Å²) in [5.74, 6) is -0.0162. The number of carbonyl (C=O) groups excluding carboxylic acids is 1. The van der Waals surface area contributed by atoms with Gasteiger partial charge in [0.15, 0.2) is 15.8 Å². The van der Waals surface area contributed by atoms with Crippen LogP contribution in [0.3, 0.4) is 0 Å². The van der Waals surface area contributed by atoms with Gasteiger partial charge in [-0.25, -0.2) is 4.39 Å². The Morgan fingerprint density at radius 1 is 1.14 bits per heavy atom. The summed E-state index contributed by atoms with van der Waals surface area (Å²) in [5, 5.41) is 10.7. The van der Waals surface area contributed by atoms with Crippen molar-refractivity contribution in [2.45, 2.75) is 6.61 Å². The number of hydrogen-bond donors (Lipinski definition) is 0. The number of amides is 1. The van der Waals surface area contributed by atoms with E-state index in [9.17, 15) is 19.3 Å². The van der Waals surface area contributed by atoms with Crippen LogP contribution in [0.4, 0.5) is 15.8 Å². The van der Waals surface area contributed by atoms with Gasteiger partial charge in [0, 0.05) is 12.1 Å². The number of anilines is 1. The van der Waals surface area contributed by atoms with Crippen LogP contribution in [0.2, 0.25) is 5.02 Å². The Labute approximate surface area is 214 Å². The number of benzene rings is 3. The normalized spacial score (nSPS) is 14.5. The van der Waals surface area contributed by atoms with E-state index in [-0.39, 0.29) is 23.2 Å². The average molecular weight is 531 g/mol. The minimum absolute atomic E-state index is 0.00335. The molecular weight excluding hydrogens is 515 g/mol. The van der Waals surface area contributed by atoms with Crippen molar-refractivity contribution < 1.29 is 23.6 Å². The maximum Gasteiger partial charge on any atom is 0.270 e. The molecule has 35 heavy (non-hydrogen) atoms. The Bertz CT molecular complexity index is 1360. The predicted molar refractivity (Wildman–Crippen MR) is 137 cm³/mol. The third kappa shape index (κ3) is 5.45. The van der Waals surface area contributed by atoms with Gasteiger partial charge >= 0.3 is 0 Å². The minimum Gasteiger partial charge on any atom is -0.493 e. The molecule has 0 saturated carbocycles. The number of ether oxygens (including phenoxy) is 2. The first kappa shape index (κ1) is 24.6. The Hall–Kier alpha value is -3.47. The molecule has 0 spiro atoms. The minimum atomic E-state index is -0.584. The summed E-state index contributed by atoms with van der Waals surface area (Å²) in [6.07, 6.45) is 1.67. The highest BCUT2D eigenvalue weighted by Gasteiger charge is 2.33. The third-order valence-corrected chi connectivity index (χ3v) is 6.57. The molecule has 178 valence electrons. The first-order valence-corrected chi connectivity index (χ1v) is 11.6.